The van der Waals surface area contributed by atoms with Gasteiger partial charge in [0.25, 0.3) is 0 Å². The Morgan fingerprint density at radius 2 is 2.20 bits per heavy atom. The van der Waals surface area contributed by atoms with Crippen LogP contribution >= 0.6 is 11.3 Å². The summed E-state index contributed by atoms with van der Waals surface area (Å²) in [5, 5.41) is 10.2. The Kier molecular flexibility index (Phi) is 5.02. The fourth-order valence-electron chi connectivity index (χ4n) is 2.76. The lowest BCUT2D eigenvalue weighted by Crippen LogP contribution is -2.24. The number of nitrogens with zero attached hydrogens (tertiary/aromatic N) is 2. The van der Waals surface area contributed by atoms with Gasteiger partial charge in [-0.25, -0.2) is 9.78 Å². The summed E-state index contributed by atoms with van der Waals surface area (Å²) in [7, 11) is 0. The number of carbonyl (C=O) groups is 1. The Bertz CT molecular complexity index is 470. The first kappa shape index (κ1) is 15.3. The smallest absolute Gasteiger partial charge is 0.347 e. The van der Waals surface area contributed by atoms with Crippen molar-refractivity contribution < 1.29 is 9.90 Å². The molecule has 5 heteroatoms. The number of hydrogen-bond donors (Lipinski definition) is 1. The SMILES string of the molecule is CCC1CCCN(c2nc(C(C)C)c(C(=O)O)s2)CC1. The van der Waals surface area contributed by atoms with Gasteiger partial charge in [-0.15, -0.1) is 0 Å². The van der Waals surface area contributed by atoms with Crippen LogP contribution in [0.4, 0.5) is 5.13 Å². The number of carboxylic acid groups (broad SMARTS) is 1. The highest BCUT2D eigenvalue weighted by Gasteiger charge is 2.24. The van der Waals surface area contributed by atoms with E-state index < -0.39 is 5.97 Å². The zero-order valence-corrected chi connectivity index (χ0v) is 13.4. The Balaban J connectivity index is 2.20. The molecule has 20 heavy (non-hydrogen) atoms. The molecule has 0 spiro atoms. The number of rotatable bonds is 4. The van der Waals surface area contributed by atoms with Crippen molar-refractivity contribution in [3.05, 3.63) is 10.6 Å². The van der Waals surface area contributed by atoms with Gasteiger partial charge >= 0.3 is 5.97 Å². The molecule has 1 saturated heterocycles. The molecule has 1 aliphatic rings. The molecule has 0 saturated carbocycles. The molecule has 2 heterocycles. The largest absolute Gasteiger partial charge is 0.477 e. The van der Waals surface area contributed by atoms with E-state index in [2.05, 4.69) is 16.8 Å². The van der Waals surface area contributed by atoms with Crippen LogP contribution in [0.1, 0.15) is 67.7 Å². The monoisotopic (exact) mass is 296 g/mol. The Morgan fingerprint density at radius 1 is 1.45 bits per heavy atom. The minimum atomic E-state index is -0.848. The number of carboxylic acids is 1. The van der Waals surface area contributed by atoms with Gasteiger partial charge in [-0.05, 0) is 31.1 Å². The van der Waals surface area contributed by atoms with Gasteiger partial charge in [-0.1, -0.05) is 38.5 Å². The minimum Gasteiger partial charge on any atom is -0.477 e. The van der Waals surface area contributed by atoms with Crippen molar-refractivity contribution in [3.8, 4) is 0 Å². The summed E-state index contributed by atoms with van der Waals surface area (Å²) < 4.78 is 0. The second kappa shape index (κ2) is 6.57. The third-order valence-corrected chi connectivity index (χ3v) is 5.20. The lowest BCUT2D eigenvalue weighted by molar-refractivity contribution is 0.0700. The molecule has 1 aromatic rings. The molecule has 0 aliphatic carbocycles. The first-order valence-corrected chi connectivity index (χ1v) is 8.33. The van der Waals surface area contributed by atoms with Gasteiger partial charge < -0.3 is 10.0 Å². The number of aromatic nitrogens is 1. The highest BCUT2D eigenvalue weighted by molar-refractivity contribution is 7.17. The Hall–Kier alpha value is -1.10. The van der Waals surface area contributed by atoms with Crippen LogP contribution in [-0.4, -0.2) is 29.1 Å². The maximum atomic E-state index is 11.3. The second-order valence-corrected chi connectivity index (χ2v) is 6.84. The zero-order chi connectivity index (χ0) is 14.7. The number of thiazole rings is 1. The Morgan fingerprint density at radius 3 is 2.75 bits per heavy atom. The summed E-state index contributed by atoms with van der Waals surface area (Å²) in [4.78, 5) is 18.6. The van der Waals surface area contributed by atoms with Crippen molar-refractivity contribution in [1.82, 2.24) is 4.98 Å². The van der Waals surface area contributed by atoms with E-state index in [-0.39, 0.29) is 5.92 Å². The van der Waals surface area contributed by atoms with E-state index in [9.17, 15) is 9.90 Å². The molecule has 4 nitrogen and oxygen atoms in total. The van der Waals surface area contributed by atoms with Crippen LogP contribution in [0, 0.1) is 5.92 Å². The zero-order valence-electron chi connectivity index (χ0n) is 12.6. The quantitative estimate of drug-likeness (QED) is 0.913. The molecule has 1 N–H and O–H groups in total. The van der Waals surface area contributed by atoms with Gasteiger partial charge in [-0.3, -0.25) is 0 Å². The summed E-state index contributed by atoms with van der Waals surface area (Å²) in [5.74, 6) is 0.114. The number of anilines is 1. The standard InChI is InChI=1S/C15H24N2O2S/c1-4-11-6-5-8-17(9-7-11)15-16-12(10(2)3)13(20-15)14(18)19/h10-11H,4-9H2,1-3H3,(H,18,19). The lowest BCUT2D eigenvalue weighted by Gasteiger charge is -2.19. The van der Waals surface area contributed by atoms with Crippen molar-refractivity contribution in [2.45, 2.75) is 52.4 Å². The van der Waals surface area contributed by atoms with Crippen LogP contribution in [0.25, 0.3) is 0 Å². The third-order valence-electron chi connectivity index (χ3n) is 4.08. The highest BCUT2D eigenvalue weighted by Crippen LogP contribution is 2.32. The van der Waals surface area contributed by atoms with E-state index in [0.29, 0.717) is 4.88 Å². The minimum absolute atomic E-state index is 0.154. The van der Waals surface area contributed by atoms with E-state index in [0.717, 1.165) is 29.8 Å². The summed E-state index contributed by atoms with van der Waals surface area (Å²) in [6.45, 7) is 8.26. The summed E-state index contributed by atoms with van der Waals surface area (Å²) in [6, 6.07) is 0. The molecule has 0 bridgehead atoms. The molecular formula is C15H24N2O2S. The normalized spacial score (nSPS) is 20.2. The predicted octanol–water partition coefficient (Wildman–Crippen LogP) is 3.98. The first-order valence-electron chi connectivity index (χ1n) is 7.51. The maximum absolute atomic E-state index is 11.3. The number of hydrogen-bond acceptors (Lipinski definition) is 4. The van der Waals surface area contributed by atoms with Crippen molar-refractivity contribution in [3.63, 3.8) is 0 Å². The van der Waals surface area contributed by atoms with Gasteiger partial charge in [0.1, 0.15) is 4.88 Å². The molecule has 1 aliphatic heterocycles. The third kappa shape index (κ3) is 3.32. The average Bonchev–Trinajstić information content (AvgIpc) is 2.72. The van der Waals surface area contributed by atoms with Crippen LogP contribution in [0.15, 0.2) is 0 Å². The van der Waals surface area contributed by atoms with Crippen molar-refractivity contribution in [1.29, 1.82) is 0 Å². The molecule has 2 rings (SSSR count). The average molecular weight is 296 g/mol. The van der Waals surface area contributed by atoms with Gasteiger partial charge in [0.15, 0.2) is 5.13 Å². The highest BCUT2D eigenvalue weighted by atomic mass is 32.1. The van der Waals surface area contributed by atoms with E-state index >= 15 is 0 Å². The van der Waals surface area contributed by atoms with E-state index in [1.165, 1.54) is 37.0 Å². The van der Waals surface area contributed by atoms with Crippen LogP contribution in [0.5, 0.6) is 0 Å². The molecule has 0 aromatic carbocycles. The van der Waals surface area contributed by atoms with Crippen LogP contribution in [-0.2, 0) is 0 Å². The molecule has 0 radical (unpaired) electrons. The second-order valence-electron chi connectivity index (χ2n) is 5.86. The molecular weight excluding hydrogens is 272 g/mol. The molecule has 112 valence electrons. The van der Waals surface area contributed by atoms with Crippen LogP contribution in [0.2, 0.25) is 0 Å². The fraction of sp³-hybridized carbons (Fsp3) is 0.733. The van der Waals surface area contributed by atoms with Gasteiger partial charge in [0, 0.05) is 13.1 Å². The van der Waals surface area contributed by atoms with Gasteiger partial charge in [-0.2, -0.15) is 0 Å². The van der Waals surface area contributed by atoms with E-state index in [4.69, 9.17) is 0 Å². The van der Waals surface area contributed by atoms with Gasteiger partial charge in [0.2, 0.25) is 0 Å². The van der Waals surface area contributed by atoms with Crippen LogP contribution < -0.4 is 4.90 Å². The lowest BCUT2D eigenvalue weighted by atomic mass is 9.98. The fourth-order valence-corrected chi connectivity index (χ4v) is 3.88. The topological polar surface area (TPSA) is 53.4 Å². The molecule has 1 atom stereocenters. The summed E-state index contributed by atoms with van der Waals surface area (Å²) in [6.07, 6.45) is 4.89. The van der Waals surface area contributed by atoms with Crippen molar-refractivity contribution in [2.75, 3.05) is 18.0 Å². The van der Waals surface area contributed by atoms with Crippen molar-refractivity contribution >= 4 is 22.4 Å². The molecule has 1 aromatic heterocycles. The van der Waals surface area contributed by atoms with Crippen LogP contribution in [0.3, 0.4) is 0 Å². The first-order chi connectivity index (χ1) is 9.52. The van der Waals surface area contributed by atoms with E-state index in [1.54, 1.807) is 0 Å². The number of aromatic carboxylic acids is 1. The molecule has 0 amide bonds. The maximum Gasteiger partial charge on any atom is 0.347 e. The van der Waals surface area contributed by atoms with Gasteiger partial charge in [0.05, 0.1) is 5.69 Å². The van der Waals surface area contributed by atoms with Crippen molar-refractivity contribution in [2.24, 2.45) is 5.92 Å². The summed E-state index contributed by atoms with van der Waals surface area (Å²) >= 11 is 1.34. The molecule has 1 fully saturated rings. The summed E-state index contributed by atoms with van der Waals surface area (Å²) in [5.41, 5.74) is 0.730. The Labute approximate surface area is 124 Å². The van der Waals surface area contributed by atoms with E-state index in [1.807, 2.05) is 13.8 Å². The molecule has 1 unspecified atom stereocenters. The predicted molar refractivity (Wildman–Crippen MR) is 83.0 cm³/mol.